The zero-order valence-electron chi connectivity index (χ0n) is 17.8. The lowest BCUT2D eigenvalue weighted by molar-refractivity contribution is -0.139. The van der Waals surface area contributed by atoms with Crippen molar-refractivity contribution in [2.24, 2.45) is 5.73 Å². The van der Waals surface area contributed by atoms with E-state index in [2.05, 4.69) is 16.7 Å². The molecule has 33 heavy (non-hydrogen) atoms. The first-order valence-electron chi connectivity index (χ1n) is 10.7. The second kappa shape index (κ2) is 8.31. The first-order valence-corrected chi connectivity index (χ1v) is 10.7. The highest BCUT2D eigenvalue weighted by Crippen LogP contribution is 2.42. The summed E-state index contributed by atoms with van der Waals surface area (Å²) in [6.45, 7) is 0.143. The quantitative estimate of drug-likeness (QED) is 0.392. The topological polar surface area (TPSA) is 94.6 Å². The summed E-state index contributed by atoms with van der Waals surface area (Å²) in [6, 6.07) is 25.8. The molecular weight excluding hydrogens is 416 g/mol. The molecule has 6 heteroatoms. The minimum Gasteiger partial charge on any atom is -0.481 e. The van der Waals surface area contributed by atoms with Crippen molar-refractivity contribution in [1.82, 2.24) is 4.57 Å². The number of benzene rings is 4. The molecule has 1 aromatic heterocycles. The molecule has 164 valence electrons. The molecular formula is C27H22N2O4. The number of carboxylic acids is 1. The summed E-state index contributed by atoms with van der Waals surface area (Å²) >= 11 is 0. The lowest BCUT2D eigenvalue weighted by Gasteiger charge is -2.12. The summed E-state index contributed by atoms with van der Waals surface area (Å²) < 4.78 is 8.00. The summed E-state index contributed by atoms with van der Waals surface area (Å²) in [4.78, 5) is 23.2. The Bertz CT molecular complexity index is 1520. The van der Waals surface area contributed by atoms with Crippen molar-refractivity contribution in [2.45, 2.75) is 13.0 Å². The van der Waals surface area contributed by atoms with Gasteiger partial charge in [0, 0.05) is 22.8 Å². The van der Waals surface area contributed by atoms with E-state index in [9.17, 15) is 14.7 Å². The maximum absolute atomic E-state index is 11.9. The van der Waals surface area contributed by atoms with Gasteiger partial charge in [0.2, 0.25) is 5.91 Å². The summed E-state index contributed by atoms with van der Waals surface area (Å²) in [5, 5.41) is 12.9. The van der Waals surface area contributed by atoms with Gasteiger partial charge in [0.25, 0.3) is 0 Å². The molecule has 0 aliphatic rings. The average molecular weight is 438 g/mol. The molecule has 6 nitrogen and oxygen atoms in total. The predicted octanol–water partition coefficient (Wildman–Crippen LogP) is 4.49. The standard InChI is InChI=1S/C27H22N2O4/c28-23(30)14-19-10-6-12-21-25(19)26-22(33-16-24(31)32)13-18-9-4-5-11-20(18)27(26)29(21)15-17-7-2-1-3-8-17/h1-13H,14-16H2,(H2,28,30)(H,31,32). The maximum Gasteiger partial charge on any atom is 0.341 e. The van der Waals surface area contributed by atoms with Gasteiger partial charge in [-0.3, -0.25) is 4.79 Å². The van der Waals surface area contributed by atoms with Crippen molar-refractivity contribution >= 4 is 44.5 Å². The Kier molecular flexibility index (Phi) is 5.18. The highest BCUT2D eigenvalue weighted by molar-refractivity contribution is 6.21. The summed E-state index contributed by atoms with van der Waals surface area (Å²) in [5.41, 5.74) is 9.34. The van der Waals surface area contributed by atoms with Crippen LogP contribution in [-0.4, -0.2) is 28.2 Å². The number of ether oxygens (including phenoxy) is 1. The molecule has 4 aromatic carbocycles. The lowest BCUT2D eigenvalue weighted by atomic mass is 10.0. The van der Waals surface area contributed by atoms with E-state index in [1.54, 1.807) is 0 Å². The van der Waals surface area contributed by atoms with Gasteiger partial charge < -0.3 is 20.1 Å². The minimum absolute atomic E-state index is 0.0764. The number of carbonyl (C=O) groups is 2. The molecule has 0 aliphatic carbocycles. The summed E-state index contributed by atoms with van der Waals surface area (Å²) in [7, 11) is 0. The number of nitrogens with two attached hydrogens (primary N) is 1. The van der Waals surface area contributed by atoms with Crippen molar-refractivity contribution in [1.29, 1.82) is 0 Å². The molecule has 5 aromatic rings. The van der Waals surface area contributed by atoms with Crippen molar-refractivity contribution in [3.63, 3.8) is 0 Å². The lowest BCUT2D eigenvalue weighted by Crippen LogP contribution is -2.13. The van der Waals surface area contributed by atoms with Crippen LogP contribution in [0, 0.1) is 0 Å². The maximum atomic E-state index is 11.9. The highest BCUT2D eigenvalue weighted by Gasteiger charge is 2.21. The number of nitrogens with zero attached hydrogens (tertiary/aromatic N) is 1. The Morgan fingerprint density at radius 1 is 0.909 bits per heavy atom. The van der Waals surface area contributed by atoms with Gasteiger partial charge in [0.05, 0.1) is 17.3 Å². The van der Waals surface area contributed by atoms with E-state index in [-0.39, 0.29) is 6.42 Å². The Labute approximate surface area is 189 Å². The van der Waals surface area contributed by atoms with Crippen molar-refractivity contribution in [3.8, 4) is 5.75 Å². The van der Waals surface area contributed by atoms with Crippen LogP contribution < -0.4 is 10.5 Å². The van der Waals surface area contributed by atoms with Crippen LogP contribution >= 0.6 is 0 Å². The number of hydrogen-bond acceptors (Lipinski definition) is 3. The van der Waals surface area contributed by atoms with E-state index in [1.807, 2.05) is 66.7 Å². The first-order chi connectivity index (χ1) is 16.0. The Morgan fingerprint density at radius 3 is 2.42 bits per heavy atom. The van der Waals surface area contributed by atoms with E-state index in [0.717, 1.165) is 43.7 Å². The third kappa shape index (κ3) is 3.76. The van der Waals surface area contributed by atoms with Gasteiger partial charge in [0.1, 0.15) is 5.75 Å². The molecule has 0 aliphatic heterocycles. The number of hydrogen-bond donors (Lipinski definition) is 2. The smallest absolute Gasteiger partial charge is 0.341 e. The van der Waals surface area contributed by atoms with Crippen molar-refractivity contribution in [2.75, 3.05) is 6.61 Å². The number of aromatic nitrogens is 1. The van der Waals surface area contributed by atoms with Gasteiger partial charge in [-0.2, -0.15) is 0 Å². The normalized spacial score (nSPS) is 11.3. The van der Waals surface area contributed by atoms with Crippen molar-refractivity contribution < 1.29 is 19.4 Å². The molecule has 0 radical (unpaired) electrons. The van der Waals surface area contributed by atoms with Crippen molar-refractivity contribution in [3.05, 3.63) is 90.0 Å². The second-order valence-electron chi connectivity index (χ2n) is 8.03. The molecule has 3 N–H and O–H groups in total. The Morgan fingerprint density at radius 2 is 1.67 bits per heavy atom. The van der Waals surface area contributed by atoms with E-state index in [0.29, 0.717) is 12.3 Å². The molecule has 1 amide bonds. The molecule has 0 atom stereocenters. The predicted molar refractivity (Wildman–Crippen MR) is 129 cm³/mol. The van der Waals surface area contributed by atoms with Crippen LogP contribution in [0.2, 0.25) is 0 Å². The SMILES string of the molecule is NC(=O)Cc1cccc2c1c1c(OCC(=O)O)cc3ccccc3c1n2Cc1ccccc1. The van der Waals surface area contributed by atoms with Crippen LogP contribution in [-0.2, 0) is 22.6 Å². The van der Waals surface area contributed by atoms with E-state index < -0.39 is 18.5 Å². The minimum atomic E-state index is -1.05. The average Bonchev–Trinajstić information content (AvgIpc) is 3.13. The van der Waals surface area contributed by atoms with Gasteiger partial charge in [0.15, 0.2) is 6.61 Å². The van der Waals surface area contributed by atoms with Gasteiger partial charge >= 0.3 is 5.97 Å². The molecule has 0 unspecified atom stereocenters. The van der Waals surface area contributed by atoms with Crippen LogP contribution in [0.1, 0.15) is 11.1 Å². The molecule has 5 rings (SSSR count). The third-order valence-corrected chi connectivity index (χ3v) is 5.82. The van der Waals surface area contributed by atoms with E-state index >= 15 is 0 Å². The molecule has 0 fully saturated rings. The number of primary amides is 1. The fraction of sp³-hybridized carbons (Fsp3) is 0.111. The second-order valence-corrected chi connectivity index (χ2v) is 8.03. The van der Waals surface area contributed by atoms with E-state index in [4.69, 9.17) is 10.5 Å². The monoisotopic (exact) mass is 438 g/mol. The Balaban J connectivity index is 1.92. The molecule has 0 saturated heterocycles. The molecule has 0 bridgehead atoms. The Hall–Kier alpha value is -4.32. The largest absolute Gasteiger partial charge is 0.481 e. The molecule has 0 saturated carbocycles. The first kappa shape index (κ1) is 20.6. The van der Waals surface area contributed by atoms with Crippen LogP contribution in [0.3, 0.4) is 0 Å². The highest BCUT2D eigenvalue weighted by atomic mass is 16.5. The number of amides is 1. The number of carboxylic acid groups (broad SMARTS) is 1. The number of fused-ring (bicyclic) bond motifs is 5. The zero-order chi connectivity index (χ0) is 22.9. The number of carbonyl (C=O) groups excluding carboxylic acids is 1. The number of aliphatic carboxylic acids is 1. The van der Waals surface area contributed by atoms with Crippen LogP contribution in [0.25, 0.3) is 32.6 Å². The van der Waals surface area contributed by atoms with Crippen LogP contribution in [0.4, 0.5) is 0 Å². The van der Waals surface area contributed by atoms with Crippen LogP contribution in [0.15, 0.2) is 78.9 Å². The van der Waals surface area contributed by atoms with Gasteiger partial charge in [-0.15, -0.1) is 0 Å². The molecule has 0 spiro atoms. The van der Waals surface area contributed by atoms with Crippen LogP contribution in [0.5, 0.6) is 5.75 Å². The summed E-state index contributed by atoms with van der Waals surface area (Å²) in [5.74, 6) is -1.01. The zero-order valence-corrected chi connectivity index (χ0v) is 17.8. The van der Waals surface area contributed by atoms with Gasteiger partial charge in [-0.05, 0) is 28.6 Å². The van der Waals surface area contributed by atoms with Gasteiger partial charge in [-0.25, -0.2) is 4.79 Å². The fourth-order valence-corrected chi connectivity index (χ4v) is 4.56. The third-order valence-electron chi connectivity index (χ3n) is 5.82. The van der Waals surface area contributed by atoms with E-state index in [1.165, 1.54) is 0 Å². The van der Waals surface area contributed by atoms with Gasteiger partial charge in [-0.1, -0.05) is 66.7 Å². The number of rotatable bonds is 7. The fourth-order valence-electron chi connectivity index (χ4n) is 4.56. The summed E-state index contributed by atoms with van der Waals surface area (Å²) in [6.07, 6.45) is 0.0764. The molecule has 1 heterocycles.